The summed E-state index contributed by atoms with van der Waals surface area (Å²) in [4.78, 5) is 11.9. The fourth-order valence-electron chi connectivity index (χ4n) is 1.47. The summed E-state index contributed by atoms with van der Waals surface area (Å²) in [7, 11) is 1.63. The number of Topliss-reactive ketones (excluding diaryl/α,β-unsaturated/α-hetero) is 1. The molecular formula is C11H9ClFN3O. The summed E-state index contributed by atoms with van der Waals surface area (Å²) in [5, 5.41) is 7.53. The molecule has 0 atom stereocenters. The van der Waals surface area contributed by atoms with E-state index in [1.807, 2.05) is 0 Å². The summed E-state index contributed by atoms with van der Waals surface area (Å²) in [6.07, 6.45) is 1.49. The molecule has 0 fully saturated rings. The molecule has 2 aromatic rings. The molecule has 0 saturated carbocycles. The van der Waals surface area contributed by atoms with Crippen molar-refractivity contribution in [2.45, 2.75) is 6.42 Å². The first-order valence-corrected chi connectivity index (χ1v) is 5.27. The van der Waals surface area contributed by atoms with E-state index in [4.69, 9.17) is 11.6 Å². The van der Waals surface area contributed by atoms with Gasteiger partial charge in [-0.3, -0.25) is 4.79 Å². The third-order valence-corrected chi connectivity index (χ3v) is 2.72. The number of aryl methyl sites for hydroxylation is 1. The molecule has 0 aliphatic heterocycles. The van der Waals surface area contributed by atoms with E-state index in [0.29, 0.717) is 11.3 Å². The van der Waals surface area contributed by atoms with Gasteiger partial charge in [0, 0.05) is 18.5 Å². The zero-order chi connectivity index (χ0) is 12.4. The summed E-state index contributed by atoms with van der Waals surface area (Å²) in [6.45, 7) is 0. The minimum absolute atomic E-state index is 0.0975. The van der Waals surface area contributed by atoms with Crippen molar-refractivity contribution in [2.75, 3.05) is 0 Å². The maximum Gasteiger partial charge on any atom is 0.186 e. The summed E-state index contributed by atoms with van der Waals surface area (Å²) >= 11 is 5.84. The van der Waals surface area contributed by atoms with E-state index in [0.717, 1.165) is 0 Å². The minimum atomic E-state index is -0.423. The minimum Gasteiger partial charge on any atom is -0.292 e. The van der Waals surface area contributed by atoms with Gasteiger partial charge < -0.3 is 0 Å². The Kier molecular flexibility index (Phi) is 3.19. The number of ketones is 1. The highest BCUT2D eigenvalue weighted by Gasteiger charge is 2.13. The summed E-state index contributed by atoms with van der Waals surface area (Å²) in [5.41, 5.74) is 0.977. The maximum absolute atomic E-state index is 12.8. The molecule has 0 unspecified atom stereocenters. The number of aromatic nitrogens is 3. The van der Waals surface area contributed by atoms with E-state index in [1.54, 1.807) is 7.05 Å². The van der Waals surface area contributed by atoms with Crippen molar-refractivity contribution in [1.29, 1.82) is 0 Å². The lowest BCUT2D eigenvalue weighted by atomic mass is 10.1. The van der Waals surface area contributed by atoms with Gasteiger partial charge in [-0.2, -0.15) is 0 Å². The van der Waals surface area contributed by atoms with Crippen LogP contribution in [0.15, 0.2) is 24.4 Å². The number of rotatable bonds is 3. The lowest BCUT2D eigenvalue weighted by molar-refractivity contribution is 0.0984. The summed E-state index contributed by atoms with van der Waals surface area (Å²) < 4.78 is 14.2. The Bertz CT molecular complexity index is 568. The molecule has 88 valence electrons. The number of benzene rings is 1. The predicted molar refractivity (Wildman–Crippen MR) is 60.4 cm³/mol. The second-order valence-corrected chi connectivity index (χ2v) is 3.99. The van der Waals surface area contributed by atoms with E-state index in [1.165, 1.54) is 29.1 Å². The molecule has 0 bridgehead atoms. The van der Waals surface area contributed by atoms with Gasteiger partial charge in [0.15, 0.2) is 5.78 Å². The van der Waals surface area contributed by atoms with Crippen LogP contribution in [-0.2, 0) is 13.5 Å². The monoisotopic (exact) mass is 253 g/mol. The van der Waals surface area contributed by atoms with Crippen molar-refractivity contribution < 1.29 is 9.18 Å². The molecular weight excluding hydrogens is 245 g/mol. The molecule has 1 aromatic heterocycles. The van der Waals surface area contributed by atoms with Crippen LogP contribution in [0.1, 0.15) is 16.1 Å². The molecule has 0 aliphatic rings. The van der Waals surface area contributed by atoms with Crippen molar-refractivity contribution in [3.63, 3.8) is 0 Å². The van der Waals surface area contributed by atoms with Crippen molar-refractivity contribution in [1.82, 2.24) is 15.0 Å². The molecule has 0 saturated heterocycles. The summed E-state index contributed by atoms with van der Waals surface area (Å²) in [5.74, 6) is -0.584. The number of hydrogen-bond acceptors (Lipinski definition) is 3. The first-order valence-electron chi connectivity index (χ1n) is 4.89. The summed E-state index contributed by atoms with van der Waals surface area (Å²) in [6, 6.07) is 3.96. The number of halogens is 2. The number of carbonyl (C=O) groups excluding carboxylic acids is 1. The molecule has 6 heteroatoms. The molecule has 0 radical (unpaired) electrons. The van der Waals surface area contributed by atoms with Gasteiger partial charge in [0.2, 0.25) is 0 Å². The second-order valence-electron chi connectivity index (χ2n) is 3.58. The van der Waals surface area contributed by atoms with Crippen LogP contribution in [0.25, 0.3) is 0 Å². The SMILES string of the molecule is Cn1nncc1C(=O)Cc1ccc(F)cc1Cl. The molecule has 0 amide bonds. The molecule has 2 rings (SSSR count). The van der Waals surface area contributed by atoms with Crippen LogP contribution in [0.3, 0.4) is 0 Å². The van der Waals surface area contributed by atoms with Gasteiger partial charge in [-0.1, -0.05) is 22.9 Å². The van der Waals surface area contributed by atoms with E-state index >= 15 is 0 Å². The quantitative estimate of drug-likeness (QED) is 0.787. The molecule has 4 nitrogen and oxygen atoms in total. The van der Waals surface area contributed by atoms with E-state index in [9.17, 15) is 9.18 Å². The van der Waals surface area contributed by atoms with Crippen LogP contribution >= 0.6 is 11.6 Å². The Balaban J connectivity index is 2.22. The average Bonchev–Trinajstić information content (AvgIpc) is 2.68. The molecule has 1 aromatic carbocycles. The van der Waals surface area contributed by atoms with Gasteiger partial charge in [-0.15, -0.1) is 5.10 Å². The molecule has 0 aliphatic carbocycles. The van der Waals surface area contributed by atoms with Crippen LogP contribution in [0, 0.1) is 5.82 Å². The highest BCUT2D eigenvalue weighted by molar-refractivity contribution is 6.31. The van der Waals surface area contributed by atoms with Crippen LogP contribution < -0.4 is 0 Å². The van der Waals surface area contributed by atoms with Crippen molar-refractivity contribution >= 4 is 17.4 Å². The van der Waals surface area contributed by atoms with E-state index in [-0.39, 0.29) is 17.2 Å². The predicted octanol–water partition coefficient (Wildman–Crippen LogP) is 2.03. The number of hydrogen-bond donors (Lipinski definition) is 0. The van der Waals surface area contributed by atoms with Gasteiger partial charge in [0.1, 0.15) is 11.5 Å². The standard InChI is InChI=1S/C11H9ClFN3O/c1-16-10(6-14-15-16)11(17)4-7-2-3-8(13)5-9(7)12/h2-3,5-6H,4H2,1H3. The van der Waals surface area contributed by atoms with Crippen LogP contribution in [0.4, 0.5) is 4.39 Å². The zero-order valence-corrected chi connectivity index (χ0v) is 9.78. The number of carbonyl (C=O) groups is 1. The fraction of sp³-hybridized carbons (Fsp3) is 0.182. The van der Waals surface area contributed by atoms with Gasteiger partial charge in [-0.05, 0) is 17.7 Å². The molecule has 17 heavy (non-hydrogen) atoms. The zero-order valence-electron chi connectivity index (χ0n) is 9.02. The highest BCUT2D eigenvalue weighted by atomic mass is 35.5. The Morgan fingerprint density at radius 3 is 2.88 bits per heavy atom. The van der Waals surface area contributed by atoms with Crippen LogP contribution in [-0.4, -0.2) is 20.8 Å². The van der Waals surface area contributed by atoms with Crippen LogP contribution in [0.5, 0.6) is 0 Å². The van der Waals surface area contributed by atoms with Gasteiger partial charge >= 0.3 is 0 Å². The average molecular weight is 254 g/mol. The Labute approximate surface area is 102 Å². The lowest BCUT2D eigenvalue weighted by Gasteiger charge is -2.03. The van der Waals surface area contributed by atoms with Gasteiger partial charge in [0.05, 0.1) is 6.20 Å². The molecule has 0 N–H and O–H groups in total. The lowest BCUT2D eigenvalue weighted by Crippen LogP contribution is -2.10. The second kappa shape index (κ2) is 4.63. The largest absolute Gasteiger partial charge is 0.292 e. The third kappa shape index (κ3) is 2.50. The maximum atomic E-state index is 12.8. The Morgan fingerprint density at radius 2 is 2.29 bits per heavy atom. The number of nitrogens with zero attached hydrogens (tertiary/aromatic N) is 3. The first-order chi connectivity index (χ1) is 8.08. The first kappa shape index (κ1) is 11.7. The topological polar surface area (TPSA) is 47.8 Å². The van der Waals surface area contributed by atoms with Gasteiger partial charge in [-0.25, -0.2) is 9.07 Å². The van der Waals surface area contributed by atoms with Crippen molar-refractivity contribution in [2.24, 2.45) is 7.05 Å². The third-order valence-electron chi connectivity index (χ3n) is 2.37. The van der Waals surface area contributed by atoms with E-state index < -0.39 is 5.82 Å². The molecule has 1 heterocycles. The van der Waals surface area contributed by atoms with E-state index in [2.05, 4.69) is 10.3 Å². The Hall–Kier alpha value is -1.75. The molecule has 0 spiro atoms. The smallest absolute Gasteiger partial charge is 0.186 e. The van der Waals surface area contributed by atoms with Crippen molar-refractivity contribution in [3.05, 3.63) is 46.5 Å². The van der Waals surface area contributed by atoms with Crippen molar-refractivity contribution in [3.8, 4) is 0 Å². The highest BCUT2D eigenvalue weighted by Crippen LogP contribution is 2.18. The fourth-order valence-corrected chi connectivity index (χ4v) is 1.70. The van der Waals surface area contributed by atoms with Gasteiger partial charge in [0.25, 0.3) is 0 Å². The Morgan fingerprint density at radius 1 is 1.53 bits per heavy atom. The van der Waals surface area contributed by atoms with Crippen LogP contribution in [0.2, 0.25) is 5.02 Å². The normalized spacial score (nSPS) is 10.5.